The lowest BCUT2D eigenvalue weighted by Crippen LogP contribution is -2.37. The van der Waals surface area contributed by atoms with Crippen molar-refractivity contribution < 1.29 is 9.59 Å². The molecule has 2 aromatic carbocycles. The van der Waals surface area contributed by atoms with Crippen molar-refractivity contribution in [3.05, 3.63) is 86.0 Å². The van der Waals surface area contributed by atoms with Gasteiger partial charge in [-0.15, -0.1) is 0 Å². The highest BCUT2D eigenvalue weighted by Gasteiger charge is 2.41. The Hall–Kier alpha value is -2.72. The molecule has 0 aromatic heterocycles. The molecule has 0 bridgehead atoms. The number of allylic oxidation sites excluding steroid dienone is 3. The molecule has 5 nitrogen and oxygen atoms in total. The van der Waals surface area contributed by atoms with Crippen LogP contribution in [0.15, 0.2) is 70.4 Å². The maximum absolute atomic E-state index is 13.2. The topological polar surface area (TPSA) is 82.0 Å². The van der Waals surface area contributed by atoms with Gasteiger partial charge in [0, 0.05) is 33.4 Å². The first-order valence-corrected chi connectivity index (χ1v) is 12.5. The van der Waals surface area contributed by atoms with Crippen LogP contribution in [0, 0.1) is 16.7 Å². The standard InChI is InChI=1S/C26H23Cl2N3O2S/c1-26(2)11-20-24(21(32)12-26)23(15-6-8-16(27)9-7-15)19(13-29)25(31-20)34-14-22(33)30-18-5-3-4-17(28)10-18/h3-10,23,31H,11-12,14H2,1-2H3,(H,30,33). The summed E-state index contributed by atoms with van der Waals surface area (Å²) in [6, 6.07) is 16.4. The predicted molar refractivity (Wildman–Crippen MR) is 138 cm³/mol. The number of carbonyl (C=O) groups is 2. The number of benzene rings is 2. The molecule has 0 radical (unpaired) electrons. The van der Waals surface area contributed by atoms with Crippen LogP contribution in [0.5, 0.6) is 0 Å². The first-order chi connectivity index (χ1) is 16.2. The molecular formula is C26H23Cl2N3O2S. The third-order valence-corrected chi connectivity index (χ3v) is 7.29. The number of rotatable bonds is 5. The van der Waals surface area contributed by atoms with E-state index in [0.717, 1.165) is 11.3 Å². The number of Topliss-reactive ketones (excluding diaryl/α,β-unsaturated/α-hetero) is 1. The van der Waals surface area contributed by atoms with Gasteiger partial charge in [0.05, 0.1) is 28.3 Å². The highest BCUT2D eigenvalue weighted by Crippen LogP contribution is 2.47. The van der Waals surface area contributed by atoms with E-state index in [0.29, 0.717) is 44.7 Å². The summed E-state index contributed by atoms with van der Waals surface area (Å²) in [6.45, 7) is 4.12. The maximum Gasteiger partial charge on any atom is 0.234 e. The van der Waals surface area contributed by atoms with Crippen LogP contribution in [0.25, 0.3) is 0 Å². The molecule has 8 heteroatoms. The lowest BCUT2D eigenvalue weighted by molar-refractivity contribution is -0.118. The highest BCUT2D eigenvalue weighted by molar-refractivity contribution is 8.03. The Bertz CT molecular complexity index is 1260. The normalized spacial score (nSPS) is 19.3. The highest BCUT2D eigenvalue weighted by atomic mass is 35.5. The summed E-state index contributed by atoms with van der Waals surface area (Å²) in [4.78, 5) is 25.8. The number of halogens is 2. The third-order valence-electron chi connectivity index (χ3n) is 5.79. The molecule has 1 atom stereocenters. The second-order valence-corrected chi connectivity index (χ2v) is 11.0. The molecule has 2 aromatic rings. The number of amides is 1. The van der Waals surface area contributed by atoms with Gasteiger partial charge in [0.2, 0.25) is 5.91 Å². The van der Waals surface area contributed by atoms with Crippen molar-refractivity contribution in [2.24, 2.45) is 5.41 Å². The van der Waals surface area contributed by atoms with Crippen molar-refractivity contribution in [2.45, 2.75) is 32.6 Å². The van der Waals surface area contributed by atoms with E-state index in [4.69, 9.17) is 23.2 Å². The van der Waals surface area contributed by atoms with Crippen molar-refractivity contribution in [3.8, 4) is 6.07 Å². The molecule has 1 amide bonds. The van der Waals surface area contributed by atoms with E-state index in [9.17, 15) is 14.9 Å². The number of ketones is 1. The van der Waals surface area contributed by atoms with Crippen LogP contribution in [-0.2, 0) is 9.59 Å². The van der Waals surface area contributed by atoms with Crippen LogP contribution in [0.2, 0.25) is 10.0 Å². The fourth-order valence-corrected chi connectivity index (χ4v) is 5.56. The van der Waals surface area contributed by atoms with E-state index in [2.05, 4.69) is 30.6 Å². The molecule has 1 aliphatic carbocycles. The summed E-state index contributed by atoms with van der Waals surface area (Å²) in [5.74, 6) is -0.593. The van der Waals surface area contributed by atoms with Gasteiger partial charge in [0.1, 0.15) is 0 Å². The molecule has 1 aliphatic heterocycles. The molecule has 0 spiro atoms. The van der Waals surface area contributed by atoms with Crippen molar-refractivity contribution in [1.82, 2.24) is 5.32 Å². The number of nitrogens with one attached hydrogen (secondary N) is 2. The molecular weight excluding hydrogens is 489 g/mol. The van der Waals surface area contributed by atoms with Crippen molar-refractivity contribution in [1.29, 1.82) is 5.26 Å². The van der Waals surface area contributed by atoms with Gasteiger partial charge in [-0.2, -0.15) is 5.26 Å². The maximum atomic E-state index is 13.2. The van der Waals surface area contributed by atoms with Gasteiger partial charge in [-0.25, -0.2) is 0 Å². The number of nitriles is 1. The molecule has 0 fully saturated rings. The minimum absolute atomic E-state index is 0.0363. The van der Waals surface area contributed by atoms with Gasteiger partial charge in [-0.3, -0.25) is 9.59 Å². The first-order valence-electron chi connectivity index (χ1n) is 10.8. The Labute approximate surface area is 213 Å². The zero-order valence-electron chi connectivity index (χ0n) is 18.7. The van der Waals surface area contributed by atoms with Gasteiger partial charge in [-0.05, 0) is 47.7 Å². The number of nitrogens with zero attached hydrogens (tertiary/aromatic N) is 1. The second-order valence-electron chi connectivity index (χ2n) is 9.14. The molecule has 1 heterocycles. The van der Waals surface area contributed by atoms with E-state index in [1.165, 1.54) is 11.8 Å². The Morgan fingerprint density at radius 1 is 1.18 bits per heavy atom. The van der Waals surface area contributed by atoms with Crippen molar-refractivity contribution in [3.63, 3.8) is 0 Å². The zero-order valence-corrected chi connectivity index (χ0v) is 21.1. The number of dihydropyridines is 1. The summed E-state index contributed by atoms with van der Waals surface area (Å²) < 4.78 is 0. The van der Waals surface area contributed by atoms with Crippen LogP contribution in [0.1, 0.15) is 38.2 Å². The Balaban J connectivity index is 1.65. The zero-order chi connectivity index (χ0) is 24.5. The molecule has 0 saturated heterocycles. The molecule has 0 saturated carbocycles. The molecule has 1 unspecified atom stereocenters. The van der Waals surface area contributed by atoms with Gasteiger partial charge < -0.3 is 10.6 Å². The van der Waals surface area contributed by atoms with E-state index < -0.39 is 5.92 Å². The number of hydrogen-bond acceptors (Lipinski definition) is 5. The van der Waals surface area contributed by atoms with Crippen molar-refractivity contribution >= 4 is 52.3 Å². The van der Waals surface area contributed by atoms with Gasteiger partial charge in [-0.1, -0.05) is 67.0 Å². The van der Waals surface area contributed by atoms with Crippen LogP contribution in [0.3, 0.4) is 0 Å². The van der Waals surface area contributed by atoms with Crippen LogP contribution < -0.4 is 10.6 Å². The minimum atomic E-state index is -0.499. The summed E-state index contributed by atoms with van der Waals surface area (Å²) >= 11 is 13.3. The molecule has 4 rings (SSSR count). The lowest BCUT2D eigenvalue weighted by atomic mass is 9.69. The van der Waals surface area contributed by atoms with Gasteiger partial charge >= 0.3 is 0 Å². The number of thioether (sulfide) groups is 1. The summed E-state index contributed by atoms with van der Waals surface area (Å²) in [5.41, 5.74) is 3.10. The first kappa shape index (κ1) is 24.4. The SMILES string of the molecule is CC1(C)CC(=O)C2=C(C1)NC(SCC(=O)Nc1cccc(Cl)c1)=C(C#N)C2c1ccc(Cl)cc1. The minimum Gasteiger partial charge on any atom is -0.352 e. The van der Waals surface area contributed by atoms with Crippen LogP contribution >= 0.6 is 35.0 Å². The van der Waals surface area contributed by atoms with Crippen LogP contribution in [0.4, 0.5) is 5.69 Å². The average molecular weight is 512 g/mol. The second kappa shape index (κ2) is 9.87. The smallest absolute Gasteiger partial charge is 0.234 e. The number of anilines is 1. The lowest BCUT2D eigenvalue weighted by Gasteiger charge is -2.39. The number of hydrogen-bond donors (Lipinski definition) is 2. The summed E-state index contributed by atoms with van der Waals surface area (Å²) in [7, 11) is 0. The molecule has 2 aliphatic rings. The van der Waals surface area contributed by atoms with E-state index >= 15 is 0 Å². The molecule has 34 heavy (non-hydrogen) atoms. The molecule has 2 N–H and O–H groups in total. The predicted octanol–water partition coefficient (Wildman–Crippen LogP) is 6.43. The quantitative estimate of drug-likeness (QED) is 0.483. The fraction of sp³-hybridized carbons (Fsp3) is 0.269. The van der Waals surface area contributed by atoms with E-state index in [-0.39, 0.29) is 22.9 Å². The third kappa shape index (κ3) is 5.33. The van der Waals surface area contributed by atoms with E-state index in [1.807, 2.05) is 12.1 Å². The molecule has 174 valence electrons. The summed E-state index contributed by atoms with van der Waals surface area (Å²) in [5, 5.41) is 18.0. The Morgan fingerprint density at radius 3 is 2.59 bits per heavy atom. The average Bonchev–Trinajstić information content (AvgIpc) is 2.76. The van der Waals surface area contributed by atoms with Gasteiger partial charge in [0.15, 0.2) is 5.78 Å². The Morgan fingerprint density at radius 2 is 1.91 bits per heavy atom. The Kier molecular flexibility index (Phi) is 7.09. The summed E-state index contributed by atoms with van der Waals surface area (Å²) in [6.07, 6.45) is 1.09. The van der Waals surface area contributed by atoms with Crippen LogP contribution in [-0.4, -0.2) is 17.4 Å². The van der Waals surface area contributed by atoms with Crippen molar-refractivity contribution in [2.75, 3.05) is 11.1 Å². The largest absolute Gasteiger partial charge is 0.352 e. The van der Waals surface area contributed by atoms with Gasteiger partial charge in [0.25, 0.3) is 0 Å². The van der Waals surface area contributed by atoms with E-state index in [1.54, 1.807) is 36.4 Å². The number of carbonyl (C=O) groups excluding carboxylic acids is 2. The monoisotopic (exact) mass is 511 g/mol. The fourth-order valence-electron chi connectivity index (χ4n) is 4.38.